The third-order valence-corrected chi connectivity index (χ3v) is 4.40. The number of hydroxylamine groups is 2. The van der Waals surface area contributed by atoms with Gasteiger partial charge >= 0.3 is 0 Å². The van der Waals surface area contributed by atoms with Gasteiger partial charge in [-0.3, -0.25) is 10.3 Å². The van der Waals surface area contributed by atoms with Gasteiger partial charge in [-0.05, 0) is 59.1 Å². The fourth-order valence-electron chi connectivity index (χ4n) is 3.22. The van der Waals surface area contributed by atoms with Crippen LogP contribution in [-0.2, 0) is 0 Å². The zero-order valence-corrected chi connectivity index (χ0v) is 14.7. The van der Waals surface area contributed by atoms with Crippen molar-refractivity contribution in [3.8, 4) is 6.19 Å². The van der Waals surface area contributed by atoms with Gasteiger partial charge in [0.2, 0.25) is 5.96 Å². The Morgan fingerprint density at radius 1 is 1.33 bits per heavy atom. The molecule has 7 nitrogen and oxygen atoms in total. The SMILES string of the molecule is CC1(C)CCC(N=C(NC#N)Nc2ccncc2)CC(C)(C)N1O. The van der Waals surface area contributed by atoms with E-state index in [1.807, 2.05) is 46.0 Å². The maximum atomic E-state index is 10.5. The first-order chi connectivity index (χ1) is 11.2. The fraction of sp³-hybridized carbons (Fsp3) is 0.588. The van der Waals surface area contributed by atoms with Crippen molar-refractivity contribution < 1.29 is 5.21 Å². The molecule has 0 radical (unpaired) electrons. The summed E-state index contributed by atoms with van der Waals surface area (Å²) >= 11 is 0. The largest absolute Gasteiger partial charge is 0.325 e. The van der Waals surface area contributed by atoms with E-state index in [1.165, 1.54) is 5.06 Å². The zero-order valence-electron chi connectivity index (χ0n) is 14.7. The molecular formula is C17H26N6O. The second-order valence-corrected chi connectivity index (χ2v) is 7.41. The van der Waals surface area contributed by atoms with E-state index in [2.05, 4.69) is 20.6 Å². The minimum absolute atomic E-state index is 0.00149. The molecule has 1 aliphatic rings. The third kappa shape index (κ3) is 4.43. The monoisotopic (exact) mass is 330 g/mol. The molecule has 1 aromatic heterocycles. The Morgan fingerprint density at radius 3 is 2.62 bits per heavy atom. The lowest BCUT2D eigenvalue weighted by atomic mass is 9.94. The van der Waals surface area contributed by atoms with Gasteiger partial charge in [-0.25, -0.2) is 4.99 Å². The van der Waals surface area contributed by atoms with E-state index in [0.717, 1.165) is 18.5 Å². The Bertz CT molecular complexity index is 620. The lowest BCUT2D eigenvalue weighted by Gasteiger charge is -2.42. The van der Waals surface area contributed by atoms with Gasteiger partial charge in [0.25, 0.3) is 0 Å². The van der Waals surface area contributed by atoms with Gasteiger partial charge in [0.15, 0.2) is 6.19 Å². The number of aliphatic imine (C=N–C) groups is 1. The van der Waals surface area contributed by atoms with Crippen LogP contribution in [0.5, 0.6) is 0 Å². The van der Waals surface area contributed by atoms with Crippen molar-refractivity contribution in [2.45, 2.75) is 64.1 Å². The van der Waals surface area contributed by atoms with Crippen LogP contribution in [0.1, 0.15) is 47.0 Å². The molecule has 1 aromatic rings. The van der Waals surface area contributed by atoms with Crippen LogP contribution in [0.4, 0.5) is 5.69 Å². The van der Waals surface area contributed by atoms with E-state index in [1.54, 1.807) is 12.4 Å². The van der Waals surface area contributed by atoms with Crippen LogP contribution in [0, 0.1) is 11.5 Å². The third-order valence-electron chi connectivity index (χ3n) is 4.40. The molecule has 0 aromatic carbocycles. The standard InChI is InChI=1S/C17H26N6O/c1-16(2)8-5-14(11-17(3,4)23(16)24)22-15(20-12-18)21-13-6-9-19-10-7-13/h6-7,9-10,14,24H,5,8,11H2,1-4H3,(H2,19,20,21,22). The van der Waals surface area contributed by atoms with Crippen LogP contribution in [-0.4, -0.2) is 38.3 Å². The maximum absolute atomic E-state index is 10.5. The fourth-order valence-corrected chi connectivity index (χ4v) is 3.22. The molecule has 3 N–H and O–H groups in total. The molecule has 1 aliphatic heterocycles. The van der Waals surface area contributed by atoms with E-state index >= 15 is 0 Å². The quantitative estimate of drug-likeness (QED) is 0.334. The van der Waals surface area contributed by atoms with Gasteiger partial charge in [0, 0.05) is 29.2 Å². The first-order valence-corrected chi connectivity index (χ1v) is 8.14. The second-order valence-electron chi connectivity index (χ2n) is 7.41. The molecule has 1 unspecified atom stereocenters. The predicted octanol–water partition coefficient (Wildman–Crippen LogP) is 2.72. The van der Waals surface area contributed by atoms with E-state index in [9.17, 15) is 5.21 Å². The molecule has 2 rings (SSSR count). The maximum Gasteiger partial charge on any atom is 0.209 e. The number of nitriles is 1. The summed E-state index contributed by atoms with van der Waals surface area (Å²) < 4.78 is 0. The van der Waals surface area contributed by atoms with Crippen LogP contribution >= 0.6 is 0 Å². The van der Waals surface area contributed by atoms with Crippen molar-refractivity contribution in [2.75, 3.05) is 5.32 Å². The number of nitrogens with zero attached hydrogens (tertiary/aromatic N) is 4. The summed E-state index contributed by atoms with van der Waals surface area (Å²) in [5.74, 6) is 0.411. The number of hydrogen-bond donors (Lipinski definition) is 3. The van der Waals surface area contributed by atoms with E-state index in [-0.39, 0.29) is 11.6 Å². The summed E-state index contributed by atoms with van der Waals surface area (Å²) in [5, 5.41) is 26.7. The molecule has 0 amide bonds. The molecule has 0 bridgehead atoms. The summed E-state index contributed by atoms with van der Waals surface area (Å²) in [6, 6.07) is 3.62. The van der Waals surface area contributed by atoms with Crippen molar-refractivity contribution in [1.29, 1.82) is 5.26 Å². The van der Waals surface area contributed by atoms with E-state index in [0.29, 0.717) is 12.4 Å². The second kappa shape index (κ2) is 7.16. The molecular weight excluding hydrogens is 304 g/mol. The van der Waals surface area contributed by atoms with Crippen molar-refractivity contribution in [3.05, 3.63) is 24.5 Å². The minimum Gasteiger partial charge on any atom is -0.325 e. The van der Waals surface area contributed by atoms with Crippen LogP contribution in [0.2, 0.25) is 0 Å². The van der Waals surface area contributed by atoms with Gasteiger partial charge < -0.3 is 10.5 Å². The number of guanidine groups is 1. The molecule has 1 fully saturated rings. The summed E-state index contributed by atoms with van der Waals surface area (Å²) in [7, 11) is 0. The number of pyridine rings is 1. The Kier molecular flexibility index (Phi) is 5.42. The molecule has 2 heterocycles. The van der Waals surface area contributed by atoms with Gasteiger partial charge in [-0.15, -0.1) is 0 Å². The van der Waals surface area contributed by atoms with Crippen molar-refractivity contribution in [3.63, 3.8) is 0 Å². The lowest BCUT2D eigenvalue weighted by molar-refractivity contribution is -0.221. The highest BCUT2D eigenvalue weighted by molar-refractivity contribution is 5.94. The number of rotatable bonds is 2. The zero-order chi connectivity index (χ0) is 17.8. The summed E-state index contributed by atoms with van der Waals surface area (Å²) in [5.41, 5.74) is 0.0982. The molecule has 0 aliphatic carbocycles. The van der Waals surface area contributed by atoms with Crippen molar-refractivity contribution in [1.82, 2.24) is 15.4 Å². The molecule has 0 spiro atoms. The van der Waals surface area contributed by atoms with Crippen molar-refractivity contribution in [2.24, 2.45) is 4.99 Å². The van der Waals surface area contributed by atoms with Gasteiger partial charge in [0.05, 0.1) is 6.04 Å². The average molecular weight is 330 g/mol. The first-order valence-electron chi connectivity index (χ1n) is 8.14. The molecule has 0 saturated carbocycles. The summed E-state index contributed by atoms with van der Waals surface area (Å²) in [6.07, 6.45) is 7.62. The average Bonchev–Trinajstić information content (AvgIpc) is 2.59. The lowest BCUT2D eigenvalue weighted by Crippen LogP contribution is -2.52. The summed E-state index contributed by atoms with van der Waals surface area (Å²) in [4.78, 5) is 8.66. The molecule has 24 heavy (non-hydrogen) atoms. The Balaban J connectivity index is 2.21. The highest BCUT2D eigenvalue weighted by Gasteiger charge is 2.41. The first kappa shape index (κ1) is 18.2. The Labute approximate surface area is 143 Å². The molecule has 1 atom stereocenters. The summed E-state index contributed by atoms with van der Waals surface area (Å²) in [6.45, 7) is 8.08. The highest BCUT2D eigenvalue weighted by Crippen LogP contribution is 2.36. The van der Waals surface area contributed by atoms with Crippen LogP contribution in [0.25, 0.3) is 0 Å². The van der Waals surface area contributed by atoms with Gasteiger partial charge in [-0.2, -0.15) is 10.3 Å². The van der Waals surface area contributed by atoms with Crippen molar-refractivity contribution >= 4 is 11.6 Å². The minimum atomic E-state index is -0.400. The van der Waals surface area contributed by atoms with Crippen LogP contribution in [0.15, 0.2) is 29.5 Å². The van der Waals surface area contributed by atoms with Gasteiger partial charge in [-0.1, -0.05) is 0 Å². The number of hydrogen-bond acceptors (Lipinski definition) is 5. The Hall–Kier alpha value is -2.17. The Morgan fingerprint density at radius 2 is 2.00 bits per heavy atom. The molecule has 1 saturated heterocycles. The van der Waals surface area contributed by atoms with E-state index in [4.69, 9.17) is 5.26 Å². The molecule has 7 heteroatoms. The van der Waals surface area contributed by atoms with Gasteiger partial charge in [0.1, 0.15) is 0 Å². The smallest absolute Gasteiger partial charge is 0.209 e. The van der Waals surface area contributed by atoms with Crippen LogP contribution < -0.4 is 10.6 Å². The molecule has 130 valence electrons. The highest BCUT2D eigenvalue weighted by atomic mass is 16.5. The van der Waals surface area contributed by atoms with Crippen LogP contribution in [0.3, 0.4) is 0 Å². The van der Waals surface area contributed by atoms with E-state index < -0.39 is 5.54 Å². The topological polar surface area (TPSA) is 96.6 Å². The predicted molar refractivity (Wildman–Crippen MR) is 93.5 cm³/mol. The number of nitrogens with one attached hydrogen (secondary N) is 2. The number of aromatic nitrogens is 1. The number of anilines is 1. The normalized spacial score (nSPS) is 23.8.